The third-order valence-corrected chi connectivity index (χ3v) is 3.59. The summed E-state index contributed by atoms with van der Waals surface area (Å²) in [4.78, 5) is 15.9. The number of amides is 1. The lowest BCUT2D eigenvalue weighted by Crippen LogP contribution is -2.43. The molecular weight excluding hydrogens is 446 g/mol. The Labute approximate surface area is 170 Å². The van der Waals surface area contributed by atoms with Crippen molar-refractivity contribution in [3.05, 3.63) is 71.5 Å². The molecule has 7 heteroatoms. The molecule has 0 spiro atoms. The van der Waals surface area contributed by atoms with E-state index in [1.165, 1.54) is 17.7 Å². The average molecular weight is 470 g/mol. The first-order valence-electron chi connectivity index (χ1n) is 8.17. The van der Waals surface area contributed by atoms with Gasteiger partial charge in [-0.15, -0.1) is 24.0 Å². The molecule has 2 aromatic carbocycles. The molecular formula is C19H24FIN4O. The Morgan fingerprint density at radius 2 is 1.65 bits per heavy atom. The Kier molecular flexibility index (Phi) is 10.3. The molecule has 0 aliphatic heterocycles. The van der Waals surface area contributed by atoms with Crippen LogP contribution in [0.1, 0.15) is 11.1 Å². The maximum Gasteiger partial charge on any atom is 0.239 e. The standard InChI is InChI=1S/C19H23FN4O.HI/c1-21-19(23-13-16-7-9-17(20)10-8-16)24-14-18(25)22-12-11-15-5-3-2-4-6-15;/h2-10H,11-14H2,1H3,(H,22,25)(H2,21,23,24);1H. The highest BCUT2D eigenvalue weighted by Gasteiger charge is 2.03. The smallest absolute Gasteiger partial charge is 0.239 e. The average Bonchev–Trinajstić information content (AvgIpc) is 2.64. The number of carbonyl (C=O) groups excluding carboxylic acids is 1. The molecule has 0 atom stereocenters. The maximum atomic E-state index is 12.9. The van der Waals surface area contributed by atoms with Gasteiger partial charge in [0.1, 0.15) is 5.82 Å². The zero-order valence-electron chi connectivity index (χ0n) is 14.7. The zero-order chi connectivity index (χ0) is 17.9. The Bertz CT molecular complexity index is 692. The Morgan fingerprint density at radius 1 is 0.962 bits per heavy atom. The number of halogens is 2. The second-order valence-corrected chi connectivity index (χ2v) is 5.49. The van der Waals surface area contributed by atoms with Gasteiger partial charge in [0.05, 0.1) is 6.54 Å². The molecule has 0 unspecified atom stereocenters. The van der Waals surface area contributed by atoms with Crippen molar-refractivity contribution in [2.45, 2.75) is 13.0 Å². The number of hydrogen-bond donors (Lipinski definition) is 3. The fourth-order valence-corrected chi connectivity index (χ4v) is 2.23. The molecule has 5 nitrogen and oxygen atoms in total. The Morgan fingerprint density at radius 3 is 2.31 bits per heavy atom. The van der Waals surface area contributed by atoms with Crippen LogP contribution in [0, 0.1) is 5.82 Å². The van der Waals surface area contributed by atoms with Crippen LogP contribution >= 0.6 is 24.0 Å². The van der Waals surface area contributed by atoms with E-state index in [2.05, 4.69) is 20.9 Å². The van der Waals surface area contributed by atoms with Gasteiger partial charge in [-0.05, 0) is 29.7 Å². The molecule has 0 aliphatic rings. The minimum atomic E-state index is -0.265. The summed E-state index contributed by atoms with van der Waals surface area (Å²) in [5, 5.41) is 8.90. The highest BCUT2D eigenvalue weighted by molar-refractivity contribution is 14.0. The normalized spacial score (nSPS) is 10.6. The van der Waals surface area contributed by atoms with Gasteiger partial charge in [-0.1, -0.05) is 42.5 Å². The van der Waals surface area contributed by atoms with Crippen LogP contribution in [-0.2, 0) is 17.8 Å². The van der Waals surface area contributed by atoms with Crippen molar-refractivity contribution < 1.29 is 9.18 Å². The molecule has 0 saturated carbocycles. The van der Waals surface area contributed by atoms with E-state index in [0.717, 1.165) is 12.0 Å². The summed E-state index contributed by atoms with van der Waals surface area (Å²) in [6, 6.07) is 16.2. The van der Waals surface area contributed by atoms with Crippen molar-refractivity contribution in [2.75, 3.05) is 20.1 Å². The minimum Gasteiger partial charge on any atom is -0.354 e. The van der Waals surface area contributed by atoms with Crippen molar-refractivity contribution in [3.63, 3.8) is 0 Å². The summed E-state index contributed by atoms with van der Waals surface area (Å²) in [5.74, 6) is 0.154. The van der Waals surface area contributed by atoms with Gasteiger partial charge in [0.2, 0.25) is 5.91 Å². The molecule has 3 N–H and O–H groups in total. The molecule has 0 radical (unpaired) electrons. The summed E-state index contributed by atoms with van der Waals surface area (Å²) >= 11 is 0. The van der Waals surface area contributed by atoms with Crippen LogP contribution in [0.3, 0.4) is 0 Å². The van der Waals surface area contributed by atoms with Crippen LogP contribution in [-0.4, -0.2) is 32.0 Å². The minimum absolute atomic E-state index is 0. The van der Waals surface area contributed by atoms with Crippen LogP contribution in [0.25, 0.3) is 0 Å². The van der Waals surface area contributed by atoms with Gasteiger partial charge in [-0.3, -0.25) is 9.79 Å². The number of aliphatic imine (C=N–C) groups is 1. The van der Waals surface area contributed by atoms with Gasteiger partial charge in [-0.25, -0.2) is 4.39 Å². The number of benzene rings is 2. The number of nitrogens with one attached hydrogen (secondary N) is 3. The topological polar surface area (TPSA) is 65.5 Å². The van der Waals surface area contributed by atoms with Gasteiger partial charge < -0.3 is 16.0 Å². The van der Waals surface area contributed by atoms with Crippen molar-refractivity contribution in [1.82, 2.24) is 16.0 Å². The summed E-state index contributed by atoms with van der Waals surface area (Å²) < 4.78 is 12.9. The van der Waals surface area contributed by atoms with Crippen LogP contribution < -0.4 is 16.0 Å². The molecule has 26 heavy (non-hydrogen) atoms. The Balaban J connectivity index is 0.00000338. The molecule has 0 bridgehead atoms. The number of guanidine groups is 1. The summed E-state index contributed by atoms with van der Waals surface area (Å²) in [6.07, 6.45) is 0.796. The SMILES string of the molecule is CN=C(NCC(=O)NCCc1ccccc1)NCc1ccc(F)cc1.I. The van der Waals surface area contributed by atoms with Crippen LogP contribution in [0.15, 0.2) is 59.6 Å². The van der Waals surface area contributed by atoms with E-state index in [0.29, 0.717) is 19.0 Å². The zero-order valence-corrected chi connectivity index (χ0v) is 17.0. The largest absolute Gasteiger partial charge is 0.354 e. The number of nitrogens with zero attached hydrogens (tertiary/aromatic N) is 1. The van der Waals surface area contributed by atoms with Gasteiger partial charge in [0.15, 0.2) is 5.96 Å². The van der Waals surface area contributed by atoms with Gasteiger partial charge in [-0.2, -0.15) is 0 Å². The summed E-state index contributed by atoms with van der Waals surface area (Å²) in [7, 11) is 1.63. The van der Waals surface area contributed by atoms with E-state index in [9.17, 15) is 9.18 Å². The fourth-order valence-electron chi connectivity index (χ4n) is 2.23. The number of rotatable bonds is 7. The molecule has 140 valence electrons. The van der Waals surface area contributed by atoms with E-state index in [1.54, 1.807) is 19.2 Å². The van der Waals surface area contributed by atoms with E-state index < -0.39 is 0 Å². The molecule has 0 saturated heterocycles. The van der Waals surface area contributed by atoms with Gasteiger partial charge in [0.25, 0.3) is 0 Å². The maximum absolute atomic E-state index is 12.9. The first-order valence-corrected chi connectivity index (χ1v) is 8.17. The third-order valence-electron chi connectivity index (χ3n) is 3.59. The van der Waals surface area contributed by atoms with E-state index in [-0.39, 0.29) is 42.2 Å². The second kappa shape index (κ2) is 12.2. The third kappa shape index (κ3) is 8.28. The van der Waals surface area contributed by atoms with Crippen LogP contribution in [0.5, 0.6) is 0 Å². The molecule has 0 aliphatic carbocycles. The molecule has 0 aromatic heterocycles. The van der Waals surface area contributed by atoms with E-state index >= 15 is 0 Å². The summed E-state index contributed by atoms with van der Waals surface area (Å²) in [6.45, 7) is 1.22. The van der Waals surface area contributed by atoms with E-state index in [1.807, 2.05) is 30.3 Å². The summed E-state index contributed by atoms with van der Waals surface area (Å²) in [5.41, 5.74) is 2.11. The predicted octanol–water partition coefficient (Wildman–Crippen LogP) is 2.47. The van der Waals surface area contributed by atoms with Crippen molar-refractivity contribution >= 4 is 35.8 Å². The second-order valence-electron chi connectivity index (χ2n) is 5.49. The first-order chi connectivity index (χ1) is 12.2. The van der Waals surface area contributed by atoms with Gasteiger partial charge >= 0.3 is 0 Å². The molecule has 1 amide bonds. The fraction of sp³-hybridized carbons (Fsp3) is 0.263. The molecule has 0 fully saturated rings. The molecule has 2 rings (SSSR count). The number of hydrogen-bond acceptors (Lipinski definition) is 2. The highest BCUT2D eigenvalue weighted by atomic mass is 127. The van der Waals surface area contributed by atoms with Crippen molar-refractivity contribution in [1.29, 1.82) is 0 Å². The Hall–Kier alpha value is -2.16. The monoisotopic (exact) mass is 470 g/mol. The number of carbonyl (C=O) groups is 1. The quantitative estimate of drug-likeness (QED) is 0.331. The van der Waals surface area contributed by atoms with Crippen molar-refractivity contribution in [3.8, 4) is 0 Å². The lowest BCUT2D eigenvalue weighted by atomic mass is 10.1. The van der Waals surface area contributed by atoms with Crippen molar-refractivity contribution in [2.24, 2.45) is 4.99 Å². The predicted molar refractivity (Wildman–Crippen MR) is 113 cm³/mol. The lowest BCUT2D eigenvalue weighted by Gasteiger charge is -2.12. The van der Waals surface area contributed by atoms with Crippen LogP contribution in [0.2, 0.25) is 0 Å². The van der Waals surface area contributed by atoms with E-state index in [4.69, 9.17) is 0 Å². The lowest BCUT2D eigenvalue weighted by molar-refractivity contribution is -0.119. The highest BCUT2D eigenvalue weighted by Crippen LogP contribution is 2.01. The molecule has 0 heterocycles. The van der Waals surface area contributed by atoms with Gasteiger partial charge in [0, 0.05) is 20.1 Å². The molecule has 2 aromatic rings. The van der Waals surface area contributed by atoms with Crippen LogP contribution in [0.4, 0.5) is 4.39 Å². The first kappa shape index (κ1) is 21.9.